The number of nitrogens with zero attached hydrogens (tertiary/aromatic N) is 23. The number of nitrogens with one attached hydrogen (secondary N) is 3. The molecule has 150 heavy (non-hydrogen) atoms. The number of hydrogen-bond donors (Lipinski definition) is 9. The van der Waals surface area contributed by atoms with Crippen molar-refractivity contribution in [1.82, 2.24) is 127 Å². The Hall–Kier alpha value is -8.22. The Morgan fingerprint density at radius 3 is 0.880 bits per heavy atom. The topological polar surface area (TPSA) is 862 Å². The SMILES string of the molecule is CC[C@H]1O[C@@H](n2cnc3c(N)ncnc32)CC1OP([O-])(=S)OC[C@H]1O[C@@H](n2cnc3c(=O)[nH]c(N)nc32)CC1OP(=O)([S-])OC[C@H]1O[C@@H](n2cc(C)c(=O)[nH]c2=O)CC1OP([O-])(=S)OC[C@H]1O[C@@H](n2cnc3c(N)ncnc32)CC1OP([O-])(=S)OC[C@H]1O[C@@H](n2cnc3c(N)ncnc32)CC1OP([O-])(=S)OC[C@H]1O[C@@H](n2cnc3c(N)ncnc32)CC1OP([O-])(=S)OC[C@H]1O[C@@H](n2cnc3c(=O)[nH]c(N)nc32)CC1OP([O-])(=S)OC. The Kier molecular flexibility index (Phi) is 31.4. The van der Waals surface area contributed by atoms with Crippen molar-refractivity contribution in [2.45, 2.75) is 194 Å². The summed E-state index contributed by atoms with van der Waals surface area (Å²) in [5.74, 6) is -0.475. The van der Waals surface area contributed by atoms with Gasteiger partial charge in [-0.15, -0.1) is 0 Å². The maximum absolute atomic E-state index is 15.2. The van der Waals surface area contributed by atoms with Gasteiger partial charge in [-0.3, -0.25) is 65.9 Å². The molecule has 7 aliphatic heterocycles. The van der Waals surface area contributed by atoms with Crippen LogP contribution in [-0.2, 0) is 184 Å². The molecule has 13 aromatic heterocycles. The number of nitrogens with two attached hydrogens (primary N) is 6. The van der Waals surface area contributed by atoms with Crippen LogP contribution < -0.4 is 86.1 Å². The molecule has 7 saturated heterocycles. The van der Waals surface area contributed by atoms with Gasteiger partial charge in [0.15, 0.2) is 75.0 Å². The quantitative estimate of drug-likeness (QED) is 0.0148. The van der Waals surface area contributed by atoms with Crippen LogP contribution in [0.15, 0.2) is 88.6 Å². The fraction of sp³-hybridized carbons (Fsp3) is 0.528. The number of aromatic nitrogens is 26. The normalized spacial score (nSPS) is 29.1. The second-order valence-electron chi connectivity index (χ2n) is 34.4. The van der Waals surface area contributed by atoms with Gasteiger partial charge in [-0.05, 0) is 13.3 Å². The number of nitrogen functional groups attached to an aromatic ring is 6. The summed E-state index contributed by atoms with van der Waals surface area (Å²) in [5, 5.41) is 0. The molecule has 28 atom stereocenters. The Bertz CT molecular complexity index is 7960. The molecule has 0 bridgehead atoms. The largest absolute Gasteiger partial charge is 0.780 e. The van der Waals surface area contributed by atoms with E-state index in [2.05, 4.69) is 94.7 Å². The van der Waals surface area contributed by atoms with Crippen LogP contribution in [0, 0.1) is 6.92 Å². The van der Waals surface area contributed by atoms with Crippen LogP contribution in [0.4, 0.5) is 35.2 Å². The standard InChI is InChI=1S/C72H91N32O32P7S7/c1-4-30-31(5-45(123-30)99-23-87-51-57(73)79-19-83-61(51)99)131-138(110,145)117-18-43-37(11-50(129-43)104-28-92-56-66(104)94-71(78)96-69(56)107)136-141(113,148)119-14-39-33(6-44(124-39)98-12-29(2)67(105)97-72(98)108)132-139(111,146)120-15-40-35(9-47(125-40)101-25-89-53-59(75)81-21-85-63(53)101)134-142(114,149)122-17-42-36(10-48(127-42)102-26-90-54-60(76)82-22-86-64(54)102)135-143(115,150)121-16-41-34(8-46(126-41)100-24-88-52-58(74)80-20-84-62(52)100)133-140(112,147)118-13-38-32(130-137(109,144)116-3)7-49(128-38)103-27-91-55-65(103)93-70(77)95-68(55)106/h12,19-28,30-50H,4-11,13-18H2,1-3H3,(H,109,144)(H,110,145)(H,111,146)(H,112,147)(H,113,148)(H,114,149)(H,115,150)(H2,73,79,83)(H2,74,80,84)(H2,75,81,85)(H2,76,82,86)(H,97,105,108)(H3,77,93,95,106)(H3,78,94,96,107)/p-7/t30-,31?,32?,33?,34?,35?,36?,37?,38-,39-,40-,41-,42-,43-,44-,45-,46-,47-,48-,49-,50-,137?,138?,139?,140?,141?,142?,143?/m1/s1. The van der Waals surface area contributed by atoms with Gasteiger partial charge in [0.1, 0.15) is 168 Å². The van der Waals surface area contributed by atoms with Gasteiger partial charge in [-0.2, -0.15) is 9.97 Å². The first kappa shape index (κ1) is 109. The summed E-state index contributed by atoms with van der Waals surface area (Å²) in [6.07, 6.45) is -14.5. The minimum absolute atomic E-state index is 0.00143. The third-order valence-corrected chi connectivity index (χ3v) is 36.0. The van der Waals surface area contributed by atoms with E-state index in [1.54, 1.807) is 11.5 Å². The molecule has 20 heterocycles. The van der Waals surface area contributed by atoms with Crippen LogP contribution >= 0.6 is 47.1 Å². The molecule has 7 aliphatic rings. The number of aryl methyl sites for hydroxylation is 1. The summed E-state index contributed by atoms with van der Waals surface area (Å²) in [4.78, 5) is 214. The van der Waals surface area contributed by atoms with Gasteiger partial charge in [0.25, 0.3) is 16.7 Å². The fourth-order valence-electron chi connectivity index (χ4n) is 17.9. The lowest BCUT2D eigenvalue weighted by molar-refractivity contribution is -0.221. The highest BCUT2D eigenvalue weighted by Gasteiger charge is 2.50. The zero-order valence-corrected chi connectivity index (χ0v) is 89.2. The van der Waals surface area contributed by atoms with E-state index in [0.29, 0.717) is 17.6 Å². The lowest BCUT2D eigenvalue weighted by Crippen LogP contribution is -2.34. The molecule has 0 aliphatic carbocycles. The molecule has 0 aromatic carbocycles. The van der Waals surface area contributed by atoms with Crippen LogP contribution in [0.25, 0.3) is 67.0 Å². The van der Waals surface area contributed by atoms with Gasteiger partial charge in [-0.1, -0.05) is 77.8 Å². The number of anilines is 6. The Morgan fingerprint density at radius 2 is 0.593 bits per heavy atom. The monoisotopic (exact) mass is 2350 g/mol. The number of imidazole rings is 6. The number of rotatable bonds is 41. The van der Waals surface area contributed by atoms with E-state index >= 15 is 14.7 Å². The molecule has 64 nitrogen and oxygen atoms in total. The lowest BCUT2D eigenvalue weighted by atomic mass is 10.1. The molecule has 0 amide bonds. The van der Waals surface area contributed by atoms with Crippen molar-refractivity contribution in [2.75, 3.05) is 81.2 Å². The van der Waals surface area contributed by atoms with Crippen LogP contribution in [0.3, 0.4) is 0 Å². The molecule has 0 saturated carbocycles. The third-order valence-electron chi connectivity index (χ3n) is 24.9. The molecule has 7 fully saturated rings. The Morgan fingerprint density at radius 1 is 0.347 bits per heavy atom. The average Bonchev–Trinajstić information content (AvgIpc) is 1.55. The number of fused-ring (bicyclic) bond motifs is 6. The van der Waals surface area contributed by atoms with Crippen molar-refractivity contribution < 1.29 is 130 Å². The summed E-state index contributed by atoms with van der Waals surface area (Å²) in [7, 11) is 1.06. The van der Waals surface area contributed by atoms with Crippen LogP contribution in [-0.4, -0.2) is 259 Å². The van der Waals surface area contributed by atoms with E-state index < -0.39 is 245 Å². The molecule has 0 radical (unpaired) electrons. The van der Waals surface area contributed by atoms with E-state index in [4.69, 9.17) is 214 Å². The second kappa shape index (κ2) is 43.4. The summed E-state index contributed by atoms with van der Waals surface area (Å²) < 4.78 is 152. The van der Waals surface area contributed by atoms with Crippen molar-refractivity contribution >= 4 is 232 Å². The minimum Gasteiger partial charge on any atom is -0.780 e. The van der Waals surface area contributed by atoms with Crippen molar-refractivity contribution in [2.24, 2.45) is 0 Å². The Labute approximate surface area is 875 Å². The number of aromatic amines is 3. The summed E-state index contributed by atoms with van der Waals surface area (Å²) in [6.45, 7) is -35.0. The van der Waals surface area contributed by atoms with Gasteiger partial charge in [0.2, 0.25) is 11.9 Å². The maximum atomic E-state index is 15.2. The van der Waals surface area contributed by atoms with E-state index in [9.17, 15) is 38.4 Å². The van der Waals surface area contributed by atoms with Crippen LogP contribution in [0.1, 0.15) is 107 Å². The first-order valence-electron chi connectivity index (χ1n) is 44.7. The van der Waals surface area contributed by atoms with E-state index in [1.807, 2.05) is 0 Å². The maximum Gasteiger partial charge on any atom is 0.330 e. The van der Waals surface area contributed by atoms with Crippen molar-refractivity contribution in [3.8, 4) is 0 Å². The van der Waals surface area contributed by atoms with Crippen molar-refractivity contribution in [3.63, 3.8) is 0 Å². The van der Waals surface area contributed by atoms with Crippen LogP contribution in [0.2, 0.25) is 0 Å². The first-order chi connectivity index (χ1) is 71.3. The summed E-state index contributed by atoms with van der Waals surface area (Å²) in [5.41, 5.74) is 34.6. The van der Waals surface area contributed by atoms with E-state index in [1.165, 1.54) is 86.6 Å². The minimum atomic E-state index is -5.01. The van der Waals surface area contributed by atoms with E-state index in [0.717, 1.165) is 24.3 Å². The highest BCUT2D eigenvalue weighted by Crippen LogP contribution is 2.58. The number of H-pyrrole nitrogens is 3. The van der Waals surface area contributed by atoms with Gasteiger partial charge in [-0.25, -0.2) is 74.6 Å². The molecular weight excluding hydrogens is 2270 g/mol. The zero-order valence-electron chi connectivity index (χ0n) is 77.2. The molecule has 808 valence electrons. The molecule has 15 N–H and O–H groups in total. The molecule has 20 rings (SSSR count). The molecule has 14 unspecified atom stereocenters. The molecular formula is C72H84N32O32P7S7-7. The van der Waals surface area contributed by atoms with Crippen LogP contribution in [0.5, 0.6) is 0 Å². The smallest absolute Gasteiger partial charge is 0.330 e. The zero-order chi connectivity index (χ0) is 106. The average molecular weight is 2350 g/mol. The fourth-order valence-corrected chi connectivity index (χ4v) is 27.7. The third kappa shape index (κ3) is 23.6. The summed E-state index contributed by atoms with van der Waals surface area (Å²) in [6, 6.07) is 0. The highest BCUT2D eigenvalue weighted by molar-refractivity contribution is 8.32. The number of hydrogen-bond acceptors (Lipinski definition) is 61. The van der Waals surface area contributed by atoms with Crippen molar-refractivity contribution in [1.29, 1.82) is 0 Å². The first-order valence-corrected chi connectivity index (χ1v) is 62.6. The summed E-state index contributed by atoms with van der Waals surface area (Å²) >= 11 is 38.5. The highest BCUT2D eigenvalue weighted by atomic mass is 32.7. The van der Waals surface area contributed by atoms with E-state index in [-0.39, 0.29) is 135 Å². The molecule has 78 heteroatoms. The van der Waals surface area contributed by atoms with Gasteiger partial charge in [0, 0.05) is 63.8 Å². The second-order valence-corrected chi connectivity index (χ2v) is 53.5. The predicted octanol–water partition coefficient (Wildman–Crippen LogP) is -2.01. The lowest BCUT2D eigenvalue weighted by Gasteiger charge is -2.36. The predicted molar refractivity (Wildman–Crippen MR) is 528 cm³/mol. The van der Waals surface area contributed by atoms with Crippen molar-refractivity contribution in [3.05, 3.63) is 117 Å². The number of ether oxygens (including phenoxy) is 7. The van der Waals surface area contributed by atoms with Gasteiger partial charge >= 0.3 is 5.69 Å². The van der Waals surface area contributed by atoms with Gasteiger partial charge in [0.05, 0.1) is 126 Å². The molecule has 0 spiro atoms. The van der Waals surface area contributed by atoms with Gasteiger partial charge < -0.3 is 173 Å². The molecule has 13 aromatic rings. The Balaban J connectivity index is 0.521.